The molecule has 2 amide bonds. The van der Waals surface area contributed by atoms with Gasteiger partial charge in [0.05, 0.1) is 55.1 Å². The van der Waals surface area contributed by atoms with E-state index in [1.807, 2.05) is 0 Å². The standard InChI is InChI=1S/C24H20ClFN4O5/c1-33-19-10-21(35-3)20(34-2)8-15(19)24(32)30-18-7-14(16(25)9-17(18)26)23(31)29-13-6-12-4-5-27-22(12)28-11-13/h4-11H,1-3H3,(H,27,28)(H,29,31)(H,30,32). The van der Waals surface area contributed by atoms with E-state index in [0.29, 0.717) is 17.1 Å². The van der Waals surface area contributed by atoms with Crippen LogP contribution in [-0.4, -0.2) is 43.1 Å². The number of halogens is 2. The van der Waals surface area contributed by atoms with Crippen LogP contribution in [0.25, 0.3) is 11.0 Å². The Kier molecular flexibility index (Phi) is 6.74. The van der Waals surface area contributed by atoms with Crippen LogP contribution in [0.4, 0.5) is 15.8 Å². The van der Waals surface area contributed by atoms with E-state index in [9.17, 15) is 14.0 Å². The molecule has 0 radical (unpaired) electrons. The van der Waals surface area contributed by atoms with Crippen molar-refractivity contribution in [2.75, 3.05) is 32.0 Å². The van der Waals surface area contributed by atoms with Crippen LogP contribution in [0.15, 0.2) is 48.8 Å². The molecule has 9 nitrogen and oxygen atoms in total. The van der Waals surface area contributed by atoms with Crippen molar-refractivity contribution in [1.82, 2.24) is 9.97 Å². The number of carbonyl (C=O) groups excluding carboxylic acids is 2. The molecule has 0 fully saturated rings. The van der Waals surface area contributed by atoms with Crippen molar-refractivity contribution in [2.24, 2.45) is 0 Å². The van der Waals surface area contributed by atoms with Gasteiger partial charge in [-0.25, -0.2) is 9.37 Å². The second-order valence-electron chi connectivity index (χ2n) is 7.27. The molecule has 35 heavy (non-hydrogen) atoms. The number of hydrogen-bond acceptors (Lipinski definition) is 6. The normalized spacial score (nSPS) is 10.7. The lowest BCUT2D eigenvalue weighted by atomic mass is 10.1. The third-order valence-electron chi connectivity index (χ3n) is 5.16. The SMILES string of the molecule is COc1cc(OC)c(C(=O)Nc2cc(C(=O)Nc3cnc4[nH]ccc4c3)c(Cl)cc2F)cc1OC. The molecule has 11 heteroatoms. The van der Waals surface area contributed by atoms with Crippen molar-refractivity contribution in [2.45, 2.75) is 0 Å². The number of rotatable bonds is 7. The Labute approximate surface area is 204 Å². The third-order valence-corrected chi connectivity index (χ3v) is 5.47. The minimum Gasteiger partial charge on any atom is -0.496 e. The lowest BCUT2D eigenvalue weighted by Crippen LogP contribution is -2.17. The maximum absolute atomic E-state index is 14.7. The number of H-pyrrole nitrogens is 1. The van der Waals surface area contributed by atoms with Gasteiger partial charge in [0.25, 0.3) is 11.8 Å². The Morgan fingerprint density at radius 3 is 2.31 bits per heavy atom. The number of nitrogens with one attached hydrogen (secondary N) is 3. The molecule has 180 valence electrons. The van der Waals surface area contributed by atoms with Crippen molar-refractivity contribution in [3.8, 4) is 17.2 Å². The predicted molar refractivity (Wildman–Crippen MR) is 130 cm³/mol. The highest BCUT2D eigenvalue weighted by Gasteiger charge is 2.21. The van der Waals surface area contributed by atoms with E-state index in [4.69, 9.17) is 25.8 Å². The topological polar surface area (TPSA) is 115 Å². The summed E-state index contributed by atoms with van der Waals surface area (Å²) in [5, 5.41) is 5.79. The van der Waals surface area contributed by atoms with Crippen LogP contribution in [0.1, 0.15) is 20.7 Å². The molecular formula is C24H20ClFN4O5. The van der Waals surface area contributed by atoms with E-state index in [1.54, 1.807) is 18.3 Å². The first-order valence-corrected chi connectivity index (χ1v) is 10.6. The zero-order valence-corrected chi connectivity index (χ0v) is 19.6. The smallest absolute Gasteiger partial charge is 0.259 e. The molecule has 2 aromatic heterocycles. The summed E-state index contributed by atoms with van der Waals surface area (Å²) in [6.07, 6.45) is 3.20. The summed E-state index contributed by atoms with van der Waals surface area (Å²) >= 11 is 6.13. The fourth-order valence-electron chi connectivity index (χ4n) is 3.42. The minimum absolute atomic E-state index is 0.0446. The first kappa shape index (κ1) is 23.8. The van der Waals surface area contributed by atoms with Gasteiger partial charge in [0.1, 0.15) is 17.2 Å². The molecule has 3 N–H and O–H groups in total. The van der Waals surface area contributed by atoms with Crippen molar-refractivity contribution in [1.29, 1.82) is 0 Å². The Morgan fingerprint density at radius 1 is 0.914 bits per heavy atom. The molecule has 4 aromatic rings. The highest BCUT2D eigenvalue weighted by Crippen LogP contribution is 2.35. The summed E-state index contributed by atoms with van der Waals surface area (Å²) < 4.78 is 30.4. The summed E-state index contributed by atoms with van der Waals surface area (Å²) in [6, 6.07) is 8.50. The highest BCUT2D eigenvalue weighted by atomic mass is 35.5. The van der Waals surface area contributed by atoms with Gasteiger partial charge in [-0.3, -0.25) is 9.59 Å². The third kappa shape index (κ3) is 4.82. The number of pyridine rings is 1. The molecule has 0 saturated carbocycles. The van der Waals surface area contributed by atoms with E-state index in [1.165, 1.54) is 39.7 Å². The van der Waals surface area contributed by atoms with Gasteiger partial charge < -0.3 is 29.8 Å². The predicted octanol–water partition coefficient (Wildman–Crippen LogP) is 4.89. The van der Waals surface area contributed by atoms with E-state index >= 15 is 0 Å². The van der Waals surface area contributed by atoms with E-state index in [0.717, 1.165) is 17.5 Å². The molecule has 0 saturated heterocycles. The molecule has 2 heterocycles. The second kappa shape index (κ2) is 9.90. The van der Waals surface area contributed by atoms with Gasteiger partial charge in [0, 0.05) is 23.7 Å². The molecule has 2 aromatic carbocycles. The zero-order chi connectivity index (χ0) is 25.1. The van der Waals surface area contributed by atoms with Crippen molar-refractivity contribution >= 4 is 45.8 Å². The number of fused-ring (bicyclic) bond motifs is 1. The fraction of sp³-hybridized carbons (Fsp3) is 0.125. The number of aromatic amines is 1. The lowest BCUT2D eigenvalue weighted by molar-refractivity contribution is 0.101. The Morgan fingerprint density at radius 2 is 1.60 bits per heavy atom. The average Bonchev–Trinajstić information content (AvgIpc) is 3.32. The molecule has 0 aliphatic carbocycles. The number of anilines is 2. The van der Waals surface area contributed by atoms with E-state index < -0.39 is 17.6 Å². The summed E-state index contributed by atoms with van der Waals surface area (Å²) in [5.74, 6) is -1.31. The highest BCUT2D eigenvalue weighted by molar-refractivity contribution is 6.34. The largest absolute Gasteiger partial charge is 0.496 e. The van der Waals surface area contributed by atoms with Crippen LogP contribution in [0.2, 0.25) is 5.02 Å². The fourth-order valence-corrected chi connectivity index (χ4v) is 3.66. The van der Waals surface area contributed by atoms with Crippen LogP contribution in [0.3, 0.4) is 0 Å². The molecule has 0 unspecified atom stereocenters. The van der Waals surface area contributed by atoms with Gasteiger partial charge in [0.15, 0.2) is 11.5 Å². The molecule has 0 spiro atoms. The van der Waals surface area contributed by atoms with Gasteiger partial charge >= 0.3 is 0 Å². The number of hydrogen-bond donors (Lipinski definition) is 3. The number of ether oxygens (including phenoxy) is 3. The van der Waals surface area contributed by atoms with Crippen LogP contribution < -0.4 is 24.8 Å². The summed E-state index contributed by atoms with van der Waals surface area (Å²) in [5.41, 5.74) is 0.857. The van der Waals surface area contributed by atoms with E-state index in [2.05, 4.69) is 20.6 Å². The zero-order valence-electron chi connectivity index (χ0n) is 18.9. The molecule has 0 atom stereocenters. The maximum Gasteiger partial charge on any atom is 0.259 e. The molecule has 4 rings (SSSR count). The molecule has 0 aliphatic rings. The van der Waals surface area contributed by atoms with Gasteiger partial charge in [-0.2, -0.15) is 0 Å². The first-order valence-electron chi connectivity index (χ1n) is 10.2. The maximum atomic E-state index is 14.7. The quantitative estimate of drug-likeness (QED) is 0.334. The number of benzene rings is 2. The monoisotopic (exact) mass is 498 g/mol. The average molecular weight is 499 g/mol. The number of amides is 2. The molecule has 0 aliphatic heterocycles. The van der Waals surface area contributed by atoms with Gasteiger partial charge in [-0.1, -0.05) is 11.6 Å². The minimum atomic E-state index is -0.824. The van der Waals surface area contributed by atoms with Crippen molar-refractivity contribution < 1.29 is 28.2 Å². The molecular weight excluding hydrogens is 479 g/mol. The van der Waals surface area contributed by atoms with Crippen molar-refractivity contribution in [3.63, 3.8) is 0 Å². The van der Waals surface area contributed by atoms with Crippen LogP contribution in [0, 0.1) is 5.82 Å². The summed E-state index contributed by atoms with van der Waals surface area (Å²) in [4.78, 5) is 33.0. The first-order chi connectivity index (χ1) is 16.8. The van der Waals surface area contributed by atoms with Gasteiger partial charge in [0.2, 0.25) is 0 Å². The lowest BCUT2D eigenvalue weighted by Gasteiger charge is -2.15. The number of aromatic nitrogens is 2. The second-order valence-corrected chi connectivity index (χ2v) is 7.67. The summed E-state index contributed by atoms with van der Waals surface area (Å²) in [7, 11) is 4.24. The molecule has 0 bridgehead atoms. The van der Waals surface area contributed by atoms with Crippen LogP contribution in [-0.2, 0) is 0 Å². The van der Waals surface area contributed by atoms with Crippen molar-refractivity contribution in [3.05, 3.63) is 70.8 Å². The summed E-state index contributed by atoms with van der Waals surface area (Å²) in [6.45, 7) is 0. The van der Waals surface area contributed by atoms with Crippen LogP contribution in [0.5, 0.6) is 17.2 Å². The van der Waals surface area contributed by atoms with E-state index in [-0.39, 0.29) is 33.3 Å². The Hall–Kier alpha value is -4.31. The Balaban J connectivity index is 1.61. The number of nitrogens with zero attached hydrogens (tertiary/aromatic N) is 1. The Bertz CT molecular complexity index is 1440. The number of methoxy groups -OCH3 is 3. The van der Waals surface area contributed by atoms with Gasteiger partial charge in [-0.05, 0) is 24.3 Å². The van der Waals surface area contributed by atoms with Gasteiger partial charge in [-0.15, -0.1) is 0 Å². The number of carbonyl (C=O) groups is 2. The van der Waals surface area contributed by atoms with Crippen LogP contribution >= 0.6 is 11.6 Å².